The molecule has 0 aliphatic heterocycles. The monoisotopic (exact) mass is 326 g/mol. The minimum atomic E-state index is 0.165. The van der Waals surface area contributed by atoms with Crippen LogP contribution < -0.4 is 16.0 Å². The fourth-order valence-electron chi connectivity index (χ4n) is 2.45. The van der Waals surface area contributed by atoms with Crippen LogP contribution in [-0.2, 0) is 4.79 Å². The van der Waals surface area contributed by atoms with Gasteiger partial charge in [-0.3, -0.25) is 4.79 Å². The van der Waals surface area contributed by atoms with Gasteiger partial charge in [-0.15, -0.1) is 0 Å². The van der Waals surface area contributed by atoms with E-state index in [1.54, 1.807) is 6.20 Å². The Kier molecular flexibility index (Phi) is 5.20. The van der Waals surface area contributed by atoms with Crippen LogP contribution >= 0.6 is 0 Å². The van der Waals surface area contributed by atoms with Crippen molar-refractivity contribution in [1.29, 1.82) is 0 Å². The third-order valence-electron chi connectivity index (χ3n) is 4.04. The molecule has 2 aromatic rings. The average Bonchev–Trinajstić information content (AvgIpc) is 2.50. The van der Waals surface area contributed by atoms with Crippen LogP contribution in [0.3, 0.4) is 0 Å². The molecule has 3 rings (SSSR count). The minimum Gasteiger partial charge on any atom is -0.368 e. The number of aromatic nitrogens is 3. The summed E-state index contributed by atoms with van der Waals surface area (Å²) < 4.78 is 0. The second-order valence-electron chi connectivity index (χ2n) is 5.98. The van der Waals surface area contributed by atoms with Crippen molar-refractivity contribution in [2.45, 2.75) is 26.2 Å². The lowest BCUT2D eigenvalue weighted by atomic mass is 9.85. The van der Waals surface area contributed by atoms with Crippen LogP contribution in [0.5, 0.6) is 0 Å². The molecule has 24 heavy (non-hydrogen) atoms. The summed E-state index contributed by atoms with van der Waals surface area (Å²) in [5, 5.41) is 9.28. The SMILES string of the molecule is Cc1ccnc(Nc2cc(NCCNC(=O)C3CCC3)ncn2)c1. The Hall–Kier alpha value is -2.70. The Morgan fingerprint density at radius 1 is 1.12 bits per heavy atom. The third kappa shape index (κ3) is 4.41. The molecule has 0 radical (unpaired) electrons. The van der Waals surface area contributed by atoms with Crippen LogP contribution in [-0.4, -0.2) is 33.9 Å². The van der Waals surface area contributed by atoms with Crippen molar-refractivity contribution in [3.8, 4) is 0 Å². The first-order valence-electron chi connectivity index (χ1n) is 8.24. The molecule has 1 aliphatic rings. The number of nitrogens with zero attached hydrogens (tertiary/aromatic N) is 3. The van der Waals surface area contributed by atoms with Crippen LogP contribution in [0.25, 0.3) is 0 Å². The van der Waals surface area contributed by atoms with E-state index in [0.717, 1.165) is 24.2 Å². The van der Waals surface area contributed by atoms with Gasteiger partial charge in [0.25, 0.3) is 0 Å². The average molecular weight is 326 g/mol. The summed E-state index contributed by atoms with van der Waals surface area (Å²) in [6.45, 7) is 3.22. The molecule has 2 aromatic heterocycles. The van der Waals surface area contributed by atoms with Crippen LogP contribution in [0.2, 0.25) is 0 Å². The van der Waals surface area contributed by atoms with Crippen molar-refractivity contribution in [3.05, 3.63) is 36.3 Å². The Morgan fingerprint density at radius 3 is 2.67 bits per heavy atom. The van der Waals surface area contributed by atoms with Crippen molar-refractivity contribution in [3.63, 3.8) is 0 Å². The summed E-state index contributed by atoms with van der Waals surface area (Å²) in [5.74, 6) is 2.51. The fraction of sp³-hybridized carbons (Fsp3) is 0.412. The summed E-state index contributed by atoms with van der Waals surface area (Å²) in [6.07, 6.45) is 6.46. The van der Waals surface area contributed by atoms with E-state index in [2.05, 4.69) is 30.9 Å². The lowest BCUT2D eigenvalue weighted by molar-refractivity contribution is -0.127. The summed E-state index contributed by atoms with van der Waals surface area (Å²) in [6, 6.07) is 5.71. The van der Waals surface area contributed by atoms with E-state index in [9.17, 15) is 4.79 Å². The molecule has 3 N–H and O–H groups in total. The summed E-state index contributed by atoms with van der Waals surface area (Å²) >= 11 is 0. The molecule has 126 valence electrons. The highest BCUT2D eigenvalue weighted by Crippen LogP contribution is 2.26. The Bertz CT molecular complexity index is 701. The third-order valence-corrected chi connectivity index (χ3v) is 4.04. The highest BCUT2D eigenvalue weighted by molar-refractivity contribution is 5.79. The van der Waals surface area contributed by atoms with Crippen molar-refractivity contribution in [2.75, 3.05) is 23.7 Å². The molecular weight excluding hydrogens is 304 g/mol. The molecular formula is C17H22N6O. The zero-order valence-corrected chi connectivity index (χ0v) is 13.7. The molecule has 0 aromatic carbocycles. The molecule has 0 saturated heterocycles. The number of carbonyl (C=O) groups is 1. The van der Waals surface area contributed by atoms with E-state index in [0.29, 0.717) is 24.7 Å². The van der Waals surface area contributed by atoms with Crippen molar-refractivity contribution >= 4 is 23.4 Å². The van der Waals surface area contributed by atoms with Gasteiger partial charge in [-0.25, -0.2) is 15.0 Å². The molecule has 1 amide bonds. The van der Waals surface area contributed by atoms with E-state index in [1.807, 2.05) is 25.1 Å². The molecule has 0 bridgehead atoms. The second-order valence-corrected chi connectivity index (χ2v) is 5.98. The molecule has 1 saturated carbocycles. The first-order chi connectivity index (χ1) is 11.7. The van der Waals surface area contributed by atoms with Gasteiger partial charge in [0.1, 0.15) is 23.8 Å². The molecule has 7 nitrogen and oxygen atoms in total. The predicted octanol–water partition coefficient (Wildman–Crippen LogP) is 2.25. The maximum atomic E-state index is 11.7. The van der Waals surface area contributed by atoms with Crippen molar-refractivity contribution in [1.82, 2.24) is 20.3 Å². The number of rotatable bonds is 7. The van der Waals surface area contributed by atoms with Gasteiger partial charge in [-0.05, 0) is 37.5 Å². The van der Waals surface area contributed by atoms with E-state index >= 15 is 0 Å². The van der Waals surface area contributed by atoms with Crippen LogP contribution in [0.1, 0.15) is 24.8 Å². The maximum Gasteiger partial charge on any atom is 0.223 e. The van der Waals surface area contributed by atoms with Gasteiger partial charge in [0, 0.05) is 31.3 Å². The zero-order chi connectivity index (χ0) is 16.8. The molecule has 1 fully saturated rings. The molecule has 1 aliphatic carbocycles. The molecule has 0 unspecified atom stereocenters. The number of pyridine rings is 1. The van der Waals surface area contributed by atoms with E-state index in [-0.39, 0.29) is 11.8 Å². The van der Waals surface area contributed by atoms with Gasteiger partial charge in [0.2, 0.25) is 5.91 Å². The van der Waals surface area contributed by atoms with Crippen molar-refractivity contribution < 1.29 is 4.79 Å². The van der Waals surface area contributed by atoms with Crippen LogP contribution in [0.4, 0.5) is 17.5 Å². The summed E-state index contributed by atoms with van der Waals surface area (Å²) in [4.78, 5) is 24.4. The largest absolute Gasteiger partial charge is 0.368 e. The number of hydrogen-bond donors (Lipinski definition) is 3. The quantitative estimate of drug-likeness (QED) is 0.676. The fourth-order valence-corrected chi connectivity index (χ4v) is 2.45. The lowest BCUT2D eigenvalue weighted by Crippen LogP contribution is -2.36. The van der Waals surface area contributed by atoms with Gasteiger partial charge in [0.05, 0.1) is 0 Å². The highest BCUT2D eigenvalue weighted by Gasteiger charge is 2.24. The topological polar surface area (TPSA) is 91.8 Å². The number of carbonyl (C=O) groups excluding carboxylic acids is 1. The van der Waals surface area contributed by atoms with Crippen LogP contribution in [0, 0.1) is 12.8 Å². The first-order valence-corrected chi connectivity index (χ1v) is 8.24. The van der Waals surface area contributed by atoms with Gasteiger partial charge >= 0.3 is 0 Å². The van der Waals surface area contributed by atoms with E-state index < -0.39 is 0 Å². The number of aryl methyl sites for hydroxylation is 1. The number of amides is 1. The standard InChI is InChI=1S/C17H22N6O/c1-12-5-6-18-15(9-12)23-16-10-14(21-11-22-16)19-7-8-20-17(24)13-3-2-4-13/h5-6,9-11,13H,2-4,7-8H2,1H3,(H,20,24)(H2,18,19,21,22,23). The molecule has 0 atom stereocenters. The number of hydrogen-bond acceptors (Lipinski definition) is 6. The van der Waals surface area contributed by atoms with Gasteiger partial charge in [0.15, 0.2) is 0 Å². The predicted molar refractivity (Wildman–Crippen MR) is 93.1 cm³/mol. The van der Waals surface area contributed by atoms with E-state index in [4.69, 9.17) is 0 Å². The molecule has 2 heterocycles. The normalized spacial score (nSPS) is 13.9. The lowest BCUT2D eigenvalue weighted by Gasteiger charge is -2.24. The first kappa shape index (κ1) is 16.2. The summed E-state index contributed by atoms with van der Waals surface area (Å²) in [7, 11) is 0. The van der Waals surface area contributed by atoms with Crippen molar-refractivity contribution in [2.24, 2.45) is 5.92 Å². The Balaban J connectivity index is 1.47. The Labute approximate surface area is 141 Å². The minimum absolute atomic E-state index is 0.165. The van der Waals surface area contributed by atoms with Gasteiger partial charge < -0.3 is 16.0 Å². The van der Waals surface area contributed by atoms with Crippen LogP contribution in [0.15, 0.2) is 30.7 Å². The maximum absolute atomic E-state index is 11.7. The smallest absolute Gasteiger partial charge is 0.223 e. The zero-order valence-electron chi connectivity index (χ0n) is 13.7. The number of nitrogens with one attached hydrogen (secondary N) is 3. The second kappa shape index (κ2) is 7.72. The highest BCUT2D eigenvalue weighted by atomic mass is 16.1. The molecule has 0 spiro atoms. The molecule has 7 heteroatoms. The van der Waals surface area contributed by atoms with E-state index in [1.165, 1.54) is 12.7 Å². The number of anilines is 3. The Morgan fingerprint density at radius 2 is 1.92 bits per heavy atom. The van der Waals surface area contributed by atoms with Gasteiger partial charge in [-0.2, -0.15) is 0 Å². The summed E-state index contributed by atoms with van der Waals surface area (Å²) in [5.41, 5.74) is 1.13. The van der Waals surface area contributed by atoms with Gasteiger partial charge in [-0.1, -0.05) is 6.42 Å².